The molecule has 0 bridgehead atoms. The van der Waals surface area contributed by atoms with Crippen LogP contribution in [0.3, 0.4) is 0 Å². The van der Waals surface area contributed by atoms with E-state index in [1.807, 2.05) is 0 Å². The summed E-state index contributed by atoms with van der Waals surface area (Å²) >= 11 is 0. The van der Waals surface area contributed by atoms with Gasteiger partial charge in [0, 0.05) is 14.1 Å². The molecule has 28 heavy (non-hydrogen) atoms. The molecule has 0 N–H and O–H groups in total. The Kier molecular flexibility index (Phi) is 4.81. The third-order valence-corrected chi connectivity index (χ3v) is 6.82. The Balaban J connectivity index is 2.13. The predicted molar refractivity (Wildman–Crippen MR) is 99.9 cm³/mol. The van der Waals surface area contributed by atoms with Crippen LogP contribution in [0.15, 0.2) is 62.7 Å². The van der Waals surface area contributed by atoms with Gasteiger partial charge in [0.2, 0.25) is 0 Å². The molecular weight excluding hydrogens is 406 g/mol. The summed E-state index contributed by atoms with van der Waals surface area (Å²) in [6, 6.07) is 10.4. The van der Waals surface area contributed by atoms with Crippen LogP contribution in [0, 0.1) is 0 Å². The van der Waals surface area contributed by atoms with Gasteiger partial charge in [0.25, 0.3) is 31.9 Å². The van der Waals surface area contributed by atoms with E-state index in [0.29, 0.717) is 0 Å². The van der Waals surface area contributed by atoms with Crippen molar-refractivity contribution >= 4 is 38.2 Å². The molecule has 3 rings (SSSR count). The summed E-state index contributed by atoms with van der Waals surface area (Å²) in [5, 5.41) is 0. The summed E-state index contributed by atoms with van der Waals surface area (Å²) in [6.45, 7) is 0. The van der Waals surface area contributed by atoms with E-state index in [2.05, 4.69) is 4.40 Å². The molecule has 2 amide bonds. The van der Waals surface area contributed by atoms with Gasteiger partial charge >= 0.3 is 0 Å². The summed E-state index contributed by atoms with van der Waals surface area (Å²) in [5.74, 6) is -2.30. The fraction of sp³-hybridized carbons (Fsp3) is 0.118. The van der Waals surface area contributed by atoms with Gasteiger partial charge in [0.15, 0.2) is 0 Å². The lowest BCUT2D eigenvalue weighted by Crippen LogP contribution is -2.37. The lowest BCUT2D eigenvalue weighted by atomic mass is 10.2. The zero-order chi connectivity index (χ0) is 20.7. The van der Waals surface area contributed by atoms with Crippen molar-refractivity contribution in [2.75, 3.05) is 14.1 Å². The number of fused-ring (bicyclic) bond motifs is 1. The smallest absolute Gasteiger partial charge is 0.284 e. The van der Waals surface area contributed by atoms with Crippen LogP contribution in [-0.2, 0) is 20.0 Å². The Morgan fingerprint density at radius 2 is 1.68 bits per heavy atom. The molecule has 146 valence electrons. The van der Waals surface area contributed by atoms with E-state index >= 15 is 0 Å². The van der Waals surface area contributed by atoms with E-state index in [0.717, 1.165) is 18.5 Å². The highest BCUT2D eigenvalue weighted by atomic mass is 32.2. The number of amides is 2. The van der Waals surface area contributed by atoms with Crippen molar-refractivity contribution in [3.05, 3.63) is 59.7 Å². The van der Waals surface area contributed by atoms with E-state index in [1.54, 1.807) is 14.1 Å². The second-order valence-corrected chi connectivity index (χ2v) is 9.39. The normalized spacial score (nSPS) is 15.6. The van der Waals surface area contributed by atoms with Crippen molar-refractivity contribution in [2.24, 2.45) is 4.40 Å². The molecule has 2 aromatic carbocycles. The molecule has 0 fully saturated rings. The third kappa shape index (κ3) is 3.18. The zero-order valence-corrected chi connectivity index (χ0v) is 16.4. The maximum absolute atomic E-state index is 12.9. The van der Waals surface area contributed by atoms with E-state index in [-0.39, 0.29) is 14.8 Å². The summed E-state index contributed by atoms with van der Waals surface area (Å²) in [5.41, 5.74) is -0.620. The van der Waals surface area contributed by atoms with Gasteiger partial charge in [0.05, 0.1) is 11.1 Å². The van der Waals surface area contributed by atoms with Crippen LogP contribution in [0.4, 0.5) is 0 Å². The number of carbonyl (C=O) groups excluding carboxylic acids is 2. The number of hydrogen-bond acceptors (Lipinski definition) is 6. The molecule has 1 aliphatic rings. The van der Waals surface area contributed by atoms with E-state index in [4.69, 9.17) is 0 Å². The maximum Gasteiger partial charge on any atom is 0.284 e. The first-order valence-electron chi connectivity index (χ1n) is 7.86. The van der Waals surface area contributed by atoms with Gasteiger partial charge in [-0.05, 0) is 24.3 Å². The first-order chi connectivity index (χ1) is 13.1. The van der Waals surface area contributed by atoms with Crippen LogP contribution >= 0.6 is 0 Å². The number of rotatable bonds is 4. The summed E-state index contributed by atoms with van der Waals surface area (Å²) in [4.78, 5) is 26.1. The standard InChI is InChI=1S/C17H15N3O6S2/c1-19(2)11-18-27(23,24)14-9-5-3-7-12(14)16(21)20-17(22)13-8-4-6-10-15(13)28(20,25)26/h3-11H,1-2H3. The molecule has 0 aliphatic carbocycles. The Morgan fingerprint density at radius 1 is 1.07 bits per heavy atom. The van der Waals surface area contributed by atoms with Crippen molar-refractivity contribution in [1.82, 2.24) is 9.21 Å². The highest BCUT2D eigenvalue weighted by Crippen LogP contribution is 2.32. The van der Waals surface area contributed by atoms with Crippen molar-refractivity contribution in [3.8, 4) is 0 Å². The molecule has 0 unspecified atom stereocenters. The van der Waals surface area contributed by atoms with Gasteiger partial charge in [-0.25, -0.2) is 8.42 Å². The summed E-state index contributed by atoms with van der Waals surface area (Å²) < 4.78 is 53.9. The Labute approximate surface area is 162 Å². The monoisotopic (exact) mass is 421 g/mol. The molecular formula is C17H15N3O6S2. The third-order valence-electron chi connectivity index (χ3n) is 3.82. The number of sulfonamides is 2. The molecule has 0 atom stereocenters. The van der Waals surface area contributed by atoms with E-state index in [1.165, 1.54) is 41.3 Å². The fourth-order valence-corrected chi connectivity index (χ4v) is 5.20. The van der Waals surface area contributed by atoms with Gasteiger partial charge < -0.3 is 4.90 Å². The van der Waals surface area contributed by atoms with Gasteiger partial charge in [-0.1, -0.05) is 24.3 Å². The Morgan fingerprint density at radius 3 is 2.32 bits per heavy atom. The van der Waals surface area contributed by atoms with Crippen LogP contribution in [0.2, 0.25) is 0 Å². The molecule has 0 saturated heterocycles. The average Bonchev–Trinajstić information content (AvgIpc) is 2.86. The lowest BCUT2D eigenvalue weighted by Gasteiger charge is -2.15. The van der Waals surface area contributed by atoms with Crippen LogP contribution < -0.4 is 0 Å². The summed E-state index contributed by atoms with van der Waals surface area (Å²) in [6.07, 6.45) is 1.03. The number of hydrogen-bond donors (Lipinski definition) is 0. The first-order valence-corrected chi connectivity index (χ1v) is 10.7. The second-order valence-electron chi connectivity index (χ2n) is 6.03. The molecule has 11 heteroatoms. The van der Waals surface area contributed by atoms with E-state index in [9.17, 15) is 26.4 Å². The first kappa shape index (κ1) is 19.7. The van der Waals surface area contributed by atoms with E-state index < -0.39 is 42.3 Å². The van der Waals surface area contributed by atoms with Gasteiger partial charge in [-0.3, -0.25) is 9.59 Å². The van der Waals surface area contributed by atoms with Gasteiger partial charge in [0.1, 0.15) is 16.1 Å². The maximum atomic E-state index is 12.9. The van der Waals surface area contributed by atoms with Crippen molar-refractivity contribution < 1.29 is 26.4 Å². The molecule has 1 aliphatic heterocycles. The minimum absolute atomic E-state index is 0.0850. The molecule has 1 heterocycles. The van der Waals surface area contributed by atoms with Crippen molar-refractivity contribution in [3.63, 3.8) is 0 Å². The largest absolute Gasteiger partial charge is 0.368 e. The number of imide groups is 1. The fourth-order valence-electron chi connectivity index (χ4n) is 2.58. The van der Waals surface area contributed by atoms with Crippen molar-refractivity contribution in [1.29, 1.82) is 0 Å². The van der Waals surface area contributed by atoms with Crippen molar-refractivity contribution in [2.45, 2.75) is 9.79 Å². The molecule has 0 radical (unpaired) electrons. The average molecular weight is 421 g/mol. The molecule has 0 spiro atoms. The van der Waals surface area contributed by atoms with Gasteiger partial charge in [-0.15, -0.1) is 4.40 Å². The van der Waals surface area contributed by atoms with Gasteiger partial charge in [-0.2, -0.15) is 12.7 Å². The van der Waals surface area contributed by atoms with Crippen LogP contribution in [0.25, 0.3) is 0 Å². The SMILES string of the molecule is CN(C)C=NS(=O)(=O)c1ccccc1C(=O)N1C(=O)c2ccccc2S1(=O)=O. The second kappa shape index (κ2) is 6.84. The highest BCUT2D eigenvalue weighted by Gasteiger charge is 2.46. The predicted octanol–water partition coefficient (Wildman–Crippen LogP) is 0.950. The Bertz CT molecular complexity index is 1220. The lowest BCUT2D eigenvalue weighted by molar-refractivity contribution is 0.0737. The number of carbonyl (C=O) groups is 2. The van der Waals surface area contributed by atoms with Crippen LogP contribution in [0.5, 0.6) is 0 Å². The number of benzene rings is 2. The minimum atomic E-state index is -4.44. The quantitative estimate of drug-likeness (QED) is 0.409. The van der Waals surface area contributed by atoms with Crippen LogP contribution in [-0.4, -0.2) is 58.3 Å². The molecule has 0 saturated carbocycles. The molecule has 0 aromatic heterocycles. The number of nitrogens with zero attached hydrogens (tertiary/aromatic N) is 3. The van der Waals surface area contributed by atoms with Crippen LogP contribution in [0.1, 0.15) is 20.7 Å². The minimum Gasteiger partial charge on any atom is -0.368 e. The molecule has 9 nitrogen and oxygen atoms in total. The topological polar surface area (TPSA) is 121 Å². The summed E-state index contributed by atoms with van der Waals surface area (Å²) in [7, 11) is -5.63. The Hall–Kier alpha value is -3.05. The highest BCUT2D eigenvalue weighted by molar-refractivity contribution is 7.91. The molecule has 2 aromatic rings. The zero-order valence-electron chi connectivity index (χ0n) is 14.8.